The summed E-state index contributed by atoms with van der Waals surface area (Å²) in [6.45, 7) is 4.91. The summed E-state index contributed by atoms with van der Waals surface area (Å²) < 4.78 is 10.7. The fourth-order valence-corrected chi connectivity index (χ4v) is 1.31. The van der Waals surface area contributed by atoms with Crippen LogP contribution in [0.2, 0.25) is 0 Å². The highest BCUT2D eigenvalue weighted by Crippen LogP contribution is 2.37. The lowest BCUT2D eigenvalue weighted by atomic mass is 10.2. The van der Waals surface area contributed by atoms with Crippen LogP contribution in [0.15, 0.2) is 12.1 Å². The second-order valence-corrected chi connectivity index (χ2v) is 3.68. The number of aldehydes is 1. The molecule has 1 aromatic rings. The van der Waals surface area contributed by atoms with Crippen molar-refractivity contribution in [2.75, 3.05) is 13.2 Å². The van der Waals surface area contributed by atoms with Crippen molar-refractivity contribution in [2.24, 2.45) is 0 Å². The SMILES string of the molecule is CCCOc1cc(C=O)cc(OCCC)c1O. The van der Waals surface area contributed by atoms with E-state index in [1.54, 1.807) is 0 Å². The number of phenols is 1. The predicted molar refractivity (Wildman–Crippen MR) is 65.1 cm³/mol. The molecular formula is C13H18O4. The van der Waals surface area contributed by atoms with Crippen LogP contribution in [0.5, 0.6) is 17.2 Å². The lowest BCUT2D eigenvalue weighted by Crippen LogP contribution is -2.00. The van der Waals surface area contributed by atoms with Crippen molar-refractivity contribution < 1.29 is 19.4 Å². The zero-order chi connectivity index (χ0) is 12.7. The van der Waals surface area contributed by atoms with Gasteiger partial charge in [0.1, 0.15) is 6.29 Å². The second-order valence-electron chi connectivity index (χ2n) is 3.68. The maximum Gasteiger partial charge on any atom is 0.200 e. The van der Waals surface area contributed by atoms with Gasteiger partial charge in [-0.1, -0.05) is 13.8 Å². The molecule has 0 fully saturated rings. The molecule has 4 heteroatoms. The quantitative estimate of drug-likeness (QED) is 0.742. The van der Waals surface area contributed by atoms with Crippen molar-refractivity contribution >= 4 is 6.29 Å². The first-order valence-electron chi connectivity index (χ1n) is 5.80. The first-order valence-corrected chi connectivity index (χ1v) is 5.80. The van der Waals surface area contributed by atoms with Gasteiger partial charge in [0.15, 0.2) is 11.5 Å². The predicted octanol–water partition coefficient (Wildman–Crippen LogP) is 2.78. The smallest absolute Gasteiger partial charge is 0.200 e. The monoisotopic (exact) mass is 238 g/mol. The van der Waals surface area contributed by atoms with Crippen LogP contribution in [0.1, 0.15) is 37.0 Å². The van der Waals surface area contributed by atoms with Gasteiger partial charge in [-0.2, -0.15) is 0 Å². The number of carbonyl (C=O) groups excluding carboxylic acids is 1. The van der Waals surface area contributed by atoms with Gasteiger partial charge < -0.3 is 14.6 Å². The molecule has 1 N–H and O–H groups in total. The number of aromatic hydroxyl groups is 1. The van der Waals surface area contributed by atoms with Gasteiger partial charge in [-0.05, 0) is 25.0 Å². The van der Waals surface area contributed by atoms with E-state index in [4.69, 9.17) is 9.47 Å². The Bertz CT molecular complexity index is 345. The molecule has 0 spiro atoms. The fourth-order valence-electron chi connectivity index (χ4n) is 1.31. The van der Waals surface area contributed by atoms with E-state index in [9.17, 15) is 9.90 Å². The van der Waals surface area contributed by atoms with E-state index in [2.05, 4.69) is 0 Å². The Hall–Kier alpha value is -1.71. The maximum absolute atomic E-state index is 10.8. The molecule has 94 valence electrons. The standard InChI is InChI=1S/C13H18O4/c1-3-5-16-11-7-10(9-14)8-12(13(11)15)17-6-4-2/h7-9,15H,3-6H2,1-2H3. The van der Waals surface area contributed by atoms with Crippen LogP contribution in [0.25, 0.3) is 0 Å². The summed E-state index contributed by atoms with van der Waals surface area (Å²) in [4.78, 5) is 10.8. The average Bonchev–Trinajstić information content (AvgIpc) is 2.36. The minimum absolute atomic E-state index is 0.0440. The molecule has 1 aromatic carbocycles. The summed E-state index contributed by atoms with van der Waals surface area (Å²) in [5.41, 5.74) is 0.431. The first-order chi connectivity index (χ1) is 8.22. The molecule has 0 aliphatic rings. The summed E-state index contributed by atoms with van der Waals surface area (Å²) in [6, 6.07) is 3.02. The van der Waals surface area contributed by atoms with Gasteiger partial charge in [0.05, 0.1) is 13.2 Å². The highest BCUT2D eigenvalue weighted by atomic mass is 16.5. The van der Waals surface area contributed by atoms with Crippen LogP contribution in [0, 0.1) is 0 Å². The molecular weight excluding hydrogens is 220 g/mol. The molecule has 0 saturated heterocycles. The summed E-state index contributed by atoms with van der Waals surface area (Å²) >= 11 is 0. The second kappa shape index (κ2) is 6.78. The molecule has 0 unspecified atom stereocenters. The Kier molecular flexibility index (Phi) is 5.33. The van der Waals surface area contributed by atoms with Crippen molar-refractivity contribution in [1.29, 1.82) is 0 Å². The van der Waals surface area contributed by atoms with Crippen molar-refractivity contribution in [1.82, 2.24) is 0 Å². The molecule has 0 atom stereocenters. The van der Waals surface area contributed by atoms with Gasteiger partial charge in [0.2, 0.25) is 5.75 Å². The van der Waals surface area contributed by atoms with Crippen LogP contribution in [-0.2, 0) is 0 Å². The van der Waals surface area contributed by atoms with E-state index < -0.39 is 0 Å². The van der Waals surface area contributed by atoms with Gasteiger partial charge in [-0.25, -0.2) is 0 Å². The van der Waals surface area contributed by atoms with E-state index in [1.165, 1.54) is 12.1 Å². The van der Waals surface area contributed by atoms with E-state index in [0.717, 1.165) is 12.8 Å². The topological polar surface area (TPSA) is 55.8 Å². The summed E-state index contributed by atoms with van der Waals surface area (Å²) in [7, 11) is 0. The lowest BCUT2D eigenvalue weighted by molar-refractivity contribution is 0.112. The molecule has 1 rings (SSSR count). The van der Waals surface area contributed by atoms with Crippen molar-refractivity contribution in [3.05, 3.63) is 17.7 Å². The zero-order valence-electron chi connectivity index (χ0n) is 10.2. The molecule has 0 aromatic heterocycles. The highest BCUT2D eigenvalue weighted by molar-refractivity contribution is 5.78. The Morgan fingerprint density at radius 2 is 1.59 bits per heavy atom. The van der Waals surface area contributed by atoms with Gasteiger partial charge in [0, 0.05) is 5.56 Å². The third-order valence-corrected chi connectivity index (χ3v) is 2.12. The van der Waals surface area contributed by atoms with Crippen LogP contribution in [-0.4, -0.2) is 24.6 Å². The minimum atomic E-state index is -0.0440. The molecule has 0 aliphatic heterocycles. The maximum atomic E-state index is 10.8. The van der Waals surface area contributed by atoms with Crippen LogP contribution in [0.4, 0.5) is 0 Å². The van der Waals surface area contributed by atoms with Crippen LogP contribution >= 0.6 is 0 Å². The number of hydrogen-bond acceptors (Lipinski definition) is 4. The molecule has 0 bridgehead atoms. The third-order valence-electron chi connectivity index (χ3n) is 2.12. The van der Waals surface area contributed by atoms with Gasteiger partial charge in [-0.3, -0.25) is 4.79 Å². The van der Waals surface area contributed by atoms with E-state index >= 15 is 0 Å². The minimum Gasteiger partial charge on any atom is -0.502 e. The number of hydrogen-bond donors (Lipinski definition) is 1. The van der Waals surface area contributed by atoms with Crippen molar-refractivity contribution in [2.45, 2.75) is 26.7 Å². The van der Waals surface area contributed by atoms with Crippen LogP contribution < -0.4 is 9.47 Å². The third kappa shape index (κ3) is 3.66. The van der Waals surface area contributed by atoms with Crippen molar-refractivity contribution in [3.63, 3.8) is 0 Å². The highest BCUT2D eigenvalue weighted by Gasteiger charge is 2.12. The number of ether oxygens (including phenoxy) is 2. The Morgan fingerprint density at radius 3 is 1.94 bits per heavy atom. The largest absolute Gasteiger partial charge is 0.502 e. The Labute approximate surface area is 101 Å². The van der Waals surface area contributed by atoms with Gasteiger partial charge in [-0.15, -0.1) is 0 Å². The molecule has 0 amide bonds. The number of benzene rings is 1. The number of phenolic OH excluding ortho intramolecular Hbond substituents is 1. The fraction of sp³-hybridized carbons (Fsp3) is 0.462. The van der Waals surface area contributed by atoms with E-state index in [-0.39, 0.29) is 5.75 Å². The Morgan fingerprint density at radius 1 is 1.12 bits per heavy atom. The average molecular weight is 238 g/mol. The number of rotatable bonds is 7. The van der Waals surface area contributed by atoms with E-state index in [1.807, 2.05) is 13.8 Å². The summed E-state index contributed by atoms with van der Waals surface area (Å²) in [5, 5.41) is 9.90. The van der Waals surface area contributed by atoms with Gasteiger partial charge in [0.25, 0.3) is 0 Å². The molecule has 4 nitrogen and oxygen atoms in total. The van der Waals surface area contributed by atoms with Crippen molar-refractivity contribution in [3.8, 4) is 17.2 Å². The van der Waals surface area contributed by atoms with Gasteiger partial charge >= 0.3 is 0 Å². The normalized spacial score (nSPS) is 10.0. The van der Waals surface area contributed by atoms with E-state index in [0.29, 0.717) is 36.6 Å². The molecule has 0 radical (unpaired) electrons. The molecule has 0 aliphatic carbocycles. The molecule has 17 heavy (non-hydrogen) atoms. The zero-order valence-corrected chi connectivity index (χ0v) is 10.2. The molecule has 0 heterocycles. The Balaban J connectivity index is 2.98. The van der Waals surface area contributed by atoms with Crippen LogP contribution in [0.3, 0.4) is 0 Å². The number of carbonyl (C=O) groups is 1. The molecule has 0 saturated carbocycles. The first kappa shape index (κ1) is 13.4. The summed E-state index contributed by atoms with van der Waals surface area (Å²) in [6.07, 6.45) is 2.36. The lowest BCUT2D eigenvalue weighted by Gasteiger charge is -2.12. The summed E-state index contributed by atoms with van der Waals surface area (Å²) in [5.74, 6) is 0.544.